The van der Waals surface area contributed by atoms with Crippen molar-refractivity contribution in [3.63, 3.8) is 0 Å². The van der Waals surface area contributed by atoms with E-state index in [1.165, 1.54) is 54.9 Å². The van der Waals surface area contributed by atoms with Crippen molar-refractivity contribution in [1.82, 2.24) is 4.57 Å². The number of fused-ring (bicyclic) bond motifs is 9. The number of ether oxygens (including phenoxy) is 1. The SMILES string of the molecule is c1ccc(-c2ccc(N3c4ccc(-c5ccccc5)cc4B4c5cc6c(cc5Oc5cccc3c54)c3ccc4cc(N(c5ccccc5)c5ccccc5)ccc4c3n6-c3ccccc3)cc2)cc1. The number of hydrogen-bond acceptors (Lipinski definition) is 3. The van der Waals surface area contributed by atoms with E-state index in [1.807, 2.05) is 0 Å². The van der Waals surface area contributed by atoms with E-state index < -0.39 is 0 Å². The molecular weight excluding hydrogens is 838 g/mol. The van der Waals surface area contributed by atoms with E-state index in [0.717, 1.165) is 67.7 Å². The van der Waals surface area contributed by atoms with E-state index in [-0.39, 0.29) is 6.71 Å². The average Bonchev–Trinajstić information content (AvgIpc) is 3.75. The lowest BCUT2D eigenvalue weighted by atomic mass is 9.34. The Morgan fingerprint density at radius 3 is 1.67 bits per heavy atom. The molecule has 322 valence electrons. The highest BCUT2D eigenvalue weighted by Crippen LogP contribution is 2.45. The topological polar surface area (TPSA) is 20.6 Å². The summed E-state index contributed by atoms with van der Waals surface area (Å²) >= 11 is 0. The van der Waals surface area contributed by atoms with E-state index in [2.05, 4.69) is 269 Å². The van der Waals surface area contributed by atoms with E-state index in [0.29, 0.717) is 0 Å². The van der Waals surface area contributed by atoms with E-state index >= 15 is 0 Å². The zero-order chi connectivity index (χ0) is 45.4. The summed E-state index contributed by atoms with van der Waals surface area (Å²) in [6, 6.07) is 92.2. The lowest BCUT2D eigenvalue weighted by Crippen LogP contribution is -2.59. The summed E-state index contributed by atoms with van der Waals surface area (Å²) in [6.07, 6.45) is 0. The highest BCUT2D eigenvalue weighted by molar-refractivity contribution is 6.99. The van der Waals surface area contributed by atoms with Crippen molar-refractivity contribution in [2.45, 2.75) is 0 Å². The second kappa shape index (κ2) is 15.8. The zero-order valence-electron chi connectivity index (χ0n) is 37.6. The molecule has 0 amide bonds. The Labute approximate surface area is 401 Å². The number of benzene rings is 11. The largest absolute Gasteiger partial charge is 0.458 e. The molecule has 0 saturated heterocycles. The van der Waals surface area contributed by atoms with Gasteiger partial charge in [0.05, 0.1) is 11.0 Å². The quantitative estimate of drug-likeness (QED) is 0.149. The summed E-state index contributed by atoms with van der Waals surface area (Å²) in [6.45, 7) is -0.0913. The predicted octanol–water partition coefficient (Wildman–Crippen LogP) is 15.1. The highest BCUT2D eigenvalue weighted by Gasteiger charge is 2.42. The van der Waals surface area contributed by atoms with Gasteiger partial charge in [-0.1, -0.05) is 164 Å². The minimum Gasteiger partial charge on any atom is -0.458 e. The molecule has 0 radical (unpaired) electrons. The van der Waals surface area contributed by atoms with Crippen molar-refractivity contribution in [1.29, 1.82) is 0 Å². The molecule has 2 aliphatic rings. The van der Waals surface area contributed by atoms with Crippen LogP contribution >= 0.6 is 0 Å². The minimum atomic E-state index is -0.0913. The lowest BCUT2D eigenvalue weighted by molar-refractivity contribution is 0.488. The molecule has 0 aliphatic carbocycles. The number of anilines is 6. The third-order valence-corrected chi connectivity index (χ3v) is 14.2. The van der Waals surface area contributed by atoms with Crippen LogP contribution in [-0.4, -0.2) is 11.3 Å². The maximum Gasteiger partial charge on any atom is 0.256 e. The molecule has 0 bridgehead atoms. The molecule has 14 rings (SSSR count). The van der Waals surface area contributed by atoms with Gasteiger partial charge < -0.3 is 19.1 Å². The standard InChI is InChI=1S/C64H42BN3O/c1-6-17-43(18-7-1)45-29-33-51(34-30-45)67-58-38-32-46(44-19-8-2-9-20-44)40-56(58)65-57-42-60-55(41-62(57)69-61-28-16-27-59(67)63(61)65)54-36-31-47-39-52(35-37-53(47)64(54)68(60)50-25-14-5-15-26-50)66(48-21-10-3-11-22-48)49-23-12-4-13-24-49/h1-42H. The third kappa shape index (κ3) is 6.32. The Morgan fingerprint density at radius 2 is 0.971 bits per heavy atom. The van der Waals surface area contributed by atoms with Crippen LogP contribution in [0.3, 0.4) is 0 Å². The Morgan fingerprint density at radius 1 is 0.362 bits per heavy atom. The smallest absolute Gasteiger partial charge is 0.256 e. The minimum absolute atomic E-state index is 0.0913. The van der Waals surface area contributed by atoms with Crippen LogP contribution in [0.5, 0.6) is 11.5 Å². The number of rotatable bonds is 7. The fourth-order valence-electron chi connectivity index (χ4n) is 11.1. The first-order valence-corrected chi connectivity index (χ1v) is 23.7. The predicted molar refractivity (Wildman–Crippen MR) is 290 cm³/mol. The highest BCUT2D eigenvalue weighted by atomic mass is 16.5. The molecule has 5 heteroatoms. The van der Waals surface area contributed by atoms with Gasteiger partial charge in [0.2, 0.25) is 0 Å². The van der Waals surface area contributed by atoms with Gasteiger partial charge in [0.1, 0.15) is 11.5 Å². The van der Waals surface area contributed by atoms with E-state index in [9.17, 15) is 0 Å². The average molecular weight is 880 g/mol. The molecule has 1 aromatic heterocycles. The van der Waals surface area contributed by atoms with Gasteiger partial charge in [-0.15, -0.1) is 0 Å². The third-order valence-electron chi connectivity index (χ3n) is 14.2. The van der Waals surface area contributed by atoms with Crippen molar-refractivity contribution < 1.29 is 4.74 Å². The number of nitrogens with zero attached hydrogens (tertiary/aromatic N) is 3. The number of para-hydroxylation sites is 3. The second-order valence-electron chi connectivity index (χ2n) is 18.1. The first-order chi connectivity index (χ1) is 34.2. The Hall–Kier alpha value is -9.06. The van der Waals surface area contributed by atoms with Crippen LogP contribution in [0.2, 0.25) is 0 Å². The van der Waals surface area contributed by atoms with Crippen LogP contribution in [0, 0.1) is 0 Å². The summed E-state index contributed by atoms with van der Waals surface area (Å²) in [7, 11) is 0. The van der Waals surface area contributed by atoms with Crippen molar-refractivity contribution >= 4 is 89.8 Å². The Kier molecular flexibility index (Phi) is 8.96. The first kappa shape index (κ1) is 39.1. The maximum absolute atomic E-state index is 7.16. The molecule has 0 unspecified atom stereocenters. The van der Waals surface area contributed by atoms with Gasteiger partial charge in [-0.2, -0.15) is 0 Å². The number of hydrogen-bond donors (Lipinski definition) is 0. The van der Waals surface area contributed by atoms with Gasteiger partial charge in [0, 0.05) is 56.0 Å². The van der Waals surface area contributed by atoms with Crippen molar-refractivity contribution in [2.24, 2.45) is 0 Å². The van der Waals surface area contributed by atoms with Gasteiger partial charge >= 0.3 is 0 Å². The van der Waals surface area contributed by atoms with E-state index in [4.69, 9.17) is 4.74 Å². The summed E-state index contributed by atoms with van der Waals surface area (Å²) in [5.41, 5.74) is 18.5. The molecule has 12 aromatic rings. The summed E-state index contributed by atoms with van der Waals surface area (Å²) in [4.78, 5) is 4.76. The van der Waals surface area contributed by atoms with Gasteiger partial charge in [0.25, 0.3) is 6.71 Å². The van der Waals surface area contributed by atoms with Crippen LogP contribution in [-0.2, 0) is 0 Å². The molecule has 0 N–H and O–H groups in total. The molecule has 3 heterocycles. The Balaban J connectivity index is 0.987. The fourth-order valence-corrected chi connectivity index (χ4v) is 11.1. The molecule has 69 heavy (non-hydrogen) atoms. The summed E-state index contributed by atoms with van der Waals surface area (Å²) < 4.78 is 9.64. The van der Waals surface area contributed by atoms with Crippen LogP contribution in [0.4, 0.5) is 34.1 Å². The summed E-state index contributed by atoms with van der Waals surface area (Å²) in [5.74, 6) is 1.77. The van der Waals surface area contributed by atoms with Crippen LogP contribution < -0.4 is 30.9 Å². The molecule has 2 aliphatic heterocycles. The van der Waals surface area contributed by atoms with Gasteiger partial charge in [-0.25, -0.2) is 0 Å². The summed E-state index contributed by atoms with van der Waals surface area (Å²) in [5, 5.41) is 4.69. The van der Waals surface area contributed by atoms with Crippen molar-refractivity contribution in [3.05, 3.63) is 255 Å². The van der Waals surface area contributed by atoms with Gasteiger partial charge in [-0.3, -0.25) is 0 Å². The lowest BCUT2D eigenvalue weighted by Gasteiger charge is -2.40. The monoisotopic (exact) mass is 879 g/mol. The van der Waals surface area contributed by atoms with Crippen molar-refractivity contribution in [3.8, 4) is 39.4 Å². The van der Waals surface area contributed by atoms with Crippen LogP contribution in [0.25, 0.3) is 60.5 Å². The molecule has 0 fully saturated rings. The van der Waals surface area contributed by atoms with Crippen LogP contribution in [0.15, 0.2) is 255 Å². The van der Waals surface area contributed by atoms with E-state index in [1.54, 1.807) is 0 Å². The van der Waals surface area contributed by atoms with Gasteiger partial charge in [-0.05, 0) is 135 Å². The molecule has 0 spiro atoms. The fraction of sp³-hybridized carbons (Fsp3) is 0. The molecule has 4 nitrogen and oxygen atoms in total. The second-order valence-corrected chi connectivity index (χ2v) is 18.1. The molecular formula is C64H42BN3O. The number of aromatic nitrogens is 1. The first-order valence-electron chi connectivity index (χ1n) is 23.7. The van der Waals surface area contributed by atoms with Crippen LogP contribution in [0.1, 0.15) is 0 Å². The van der Waals surface area contributed by atoms with Crippen molar-refractivity contribution in [2.75, 3.05) is 9.80 Å². The molecule has 0 atom stereocenters. The Bertz CT molecular complexity index is 3880. The molecule has 0 saturated carbocycles. The van der Waals surface area contributed by atoms with Gasteiger partial charge in [0.15, 0.2) is 0 Å². The zero-order valence-corrected chi connectivity index (χ0v) is 37.6. The molecule has 11 aromatic carbocycles. The normalized spacial score (nSPS) is 12.4. The maximum atomic E-state index is 7.16.